The summed E-state index contributed by atoms with van der Waals surface area (Å²) < 4.78 is 53.3. The van der Waals surface area contributed by atoms with Gasteiger partial charge in [-0.15, -0.1) is 0 Å². The van der Waals surface area contributed by atoms with Gasteiger partial charge >= 0.3 is 6.18 Å². The lowest BCUT2D eigenvalue weighted by Crippen LogP contribution is -2.32. The van der Waals surface area contributed by atoms with Gasteiger partial charge in [-0.25, -0.2) is 4.98 Å². The number of aryl methyl sites for hydroxylation is 1. The Balaban J connectivity index is 1.48. The third kappa shape index (κ3) is 8.89. The number of hydrogen-bond donors (Lipinski definition) is 2. The van der Waals surface area contributed by atoms with Crippen LogP contribution >= 0.6 is 0 Å². The van der Waals surface area contributed by atoms with E-state index < -0.39 is 11.7 Å². The van der Waals surface area contributed by atoms with Gasteiger partial charge in [-0.2, -0.15) is 13.2 Å². The average Bonchev–Trinajstić information content (AvgIpc) is 3.45. The molecular weight excluding hydrogens is 617 g/mol. The summed E-state index contributed by atoms with van der Waals surface area (Å²) in [7, 11) is 0. The molecule has 0 atom stereocenters. The van der Waals surface area contributed by atoms with Gasteiger partial charge in [0.05, 0.1) is 43.0 Å². The number of benzene rings is 2. The van der Waals surface area contributed by atoms with Crippen LogP contribution in [-0.2, 0) is 16.0 Å². The summed E-state index contributed by atoms with van der Waals surface area (Å²) in [6, 6.07) is 15.5. The Morgan fingerprint density at radius 1 is 0.875 bits per heavy atom. The number of allylic oxidation sites excluding steroid dienone is 8. The lowest BCUT2D eigenvalue weighted by atomic mass is 10.0. The number of amides is 1. The van der Waals surface area contributed by atoms with E-state index >= 15 is 0 Å². The molecule has 0 spiro atoms. The fraction of sp³-hybridized carbons (Fsp3) is 0.316. The van der Waals surface area contributed by atoms with Crippen molar-refractivity contribution in [3.05, 3.63) is 124 Å². The van der Waals surface area contributed by atoms with Crippen molar-refractivity contribution in [3.63, 3.8) is 0 Å². The first-order valence-corrected chi connectivity index (χ1v) is 16.1. The van der Waals surface area contributed by atoms with Crippen molar-refractivity contribution < 1.29 is 27.4 Å². The van der Waals surface area contributed by atoms with Crippen LogP contribution in [0.2, 0.25) is 0 Å². The number of ether oxygens (including phenoxy) is 2. The summed E-state index contributed by atoms with van der Waals surface area (Å²) in [5, 5.41) is 3.78. The minimum atomic E-state index is -4.41. The molecule has 2 aliphatic rings. The highest BCUT2D eigenvalue weighted by Crippen LogP contribution is 2.31. The Morgan fingerprint density at radius 2 is 1.56 bits per heavy atom. The van der Waals surface area contributed by atoms with E-state index in [1.54, 1.807) is 12.1 Å². The molecule has 0 saturated carbocycles. The number of imidazole rings is 1. The maximum Gasteiger partial charge on any atom is 0.416 e. The molecule has 0 radical (unpaired) electrons. The van der Waals surface area contributed by atoms with Crippen LogP contribution in [-0.4, -0.2) is 61.2 Å². The largest absolute Gasteiger partial charge is 0.416 e. The van der Waals surface area contributed by atoms with E-state index in [9.17, 15) is 18.0 Å². The number of nitrogens with zero attached hydrogens (tertiary/aromatic N) is 2. The van der Waals surface area contributed by atoms with Gasteiger partial charge in [-0.05, 0) is 61.6 Å². The highest BCUT2D eigenvalue weighted by molar-refractivity contribution is 5.94. The van der Waals surface area contributed by atoms with Crippen LogP contribution in [0.4, 0.5) is 13.2 Å². The lowest BCUT2D eigenvalue weighted by molar-refractivity contribution is -0.0884. The predicted molar refractivity (Wildman–Crippen MR) is 182 cm³/mol. The summed E-state index contributed by atoms with van der Waals surface area (Å²) in [4.78, 5) is 17.9. The van der Waals surface area contributed by atoms with Crippen LogP contribution in [0.1, 0.15) is 41.3 Å². The number of halogens is 3. The molecule has 3 N–H and O–H groups in total. The van der Waals surface area contributed by atoms with E-state index in [0.717, 1.165) is 45.0 Å². The normalized spacial score (nSPS) is 17.0. The zero-order valence-electron chi connectivity index (χ0n) is 27.3. The van der Waals surface area contributed by atoms with Crippen molar-refractivity contribution in [3.8, 4) is 11.3 Å². The van der Waals surface area contributed by atoms with E-state index in [1.165, 1.54) is 12.2 Å². The highest BCUT2D eigenvalue weighted by Gasteiger charge is 2.32. The quantitative estimate of drug-likeness (QED) is 0.259. The Morgan fingerprint density at radius 3 is 2.19 bits per heavy atom. The van der Waals surface area contributed by atoms with Crippen LogP contribution < -0.4 is 21.9 Å². The second-order valence-electron chi connectivity index (χ2n) is 11.8. The van der Waals surface area contributed by atoms with Crippen LogP contribution in [0.15, 0.2) is 96.1 Å². The van der Waals surface area contributed by atoms with Crippen molar-refractivity contribution in [2.75, 3.05) is 39.5 Å². The maximum atomic E-state index is 13.5. The van der Waals surface area contributed by atoms with Crippen molar-refractivity contribution in [2.45, 2.75) is 39.4 Å². The van der Waals surface area contributed by atoms with E-state index in [1.807, 2.05) is 43.3 Å². The molecule has 7 nitrogen and oxygen atoms in total. The molecule has 1 aromatic heterocycles. The van der Waals surface area contributed by atoms with Crippen molar-refractivity contribution in [2.24, 2.45) is 5.73 Å². The Bertz CT molecular complexity index is 1850. The number of carbonyl (C=O) groups is 1. The number of aromatic nitrogens is 2. The van der Waals surface area contributed by atoms with Crippen LogP contribution in [0.5, 0.6) is 0 Å². The Labute approximate surface area is 278 Å². The second-order valence-corrected chi connectivity index (χ2v) is 11.8. The molecule has 252 valence electrons. The zero-order chi connectivity index (χ0) is 34.1. The molecule has 2 aromatic carbocycles. The van der Waals surface area contributed by atoms with Crippen molar-refractivity contribution >= 4 is 17.1 Å². The molecule has 1 heterocycles. The zero-order valence-corrected chi connectivity index (χ0v) is 27.3. The number of alkyl halides is 3. The fourth-order valence-corrected chi connectivity index (χ4v) is 5.52. The third-order valence-electron chi connectivity index (χ3n) is 8.13. The fourth-order valence-electron chi connectivity index (χ4n) is 5.52. The number of carbonyl (C=O) groups excluding carboxylic acids is 1. The standard InChI is InChI=1S/C38H41F3N4O3/c1-26-3-9-29(10-4-26)34-35(30-11-5-27(2)6-12-30)45(36(44-34)31-15-17-33(18-16-31)38(39,40)41)25-28-7-13-32(14-8-28)37(46)43-20-22-48-24-23-47-21-19-42/h3-11,13-15,17-18H,12,16,19-25,42H2,1-2H3,(H,43,46). The molecule has 0 saturated heterocycles. The summed E-state index contributed by atoms with van der Waals surface area (Å²) in [6.07, 6.45) is 6.56. The maximum absolute atomic E-state index is 13.5. The van der Waals surface area contributed by atoms with Gasteiger partial charge in [-0.1, -0.05) is 77.9 Å². The minimum absolute atomic E-state index is 0.100. The molecule has 48 heavy (non-hydrogen) atoms. The van der Waals surface area contributed by atoms with E-state index in [-0.39, 0.29) is 12.3 Å². The SMILES string of the molecule is CC1=CCC(=c2c(-c3ccc(C)cc3)nc(=C3C=CC(C(F)(F)F)=CC3)n2Cc2ccc(C(=O)NCCOCCOCCN)cc2)C=C1. The summed E-state index contributed by atoms with van der Waals surface area (Å²) in [5.74, 6) is -0.213. The molecule has 10 heteroatoms. The Kier molecular flexibility index (Phi) is 11.6. The number of hydrogen-bond acceptors (Lipinski definition) is 5. The molecule has 0 unspecified atom stereocenters. The second kappa shape index (κ2) is 16.1. The monoisotopic (exact) mass is 658 g/mol. The van der Waals surface area contributed by atoms with Crippen molar-refractivity contribution in [1.82, 2.24) is 14.9 Å². The molecule has 3 aromatic rings. The van der Waals surface area contributed by atoms with E-state index in [2.05, 4.69) is 35.0 Å². The Hall–Kier alpha value is -4.51. The first-order valence-electron chi connectivity index (χ1n) is 16.1. The van der Waals surface area contributed by atoms with Crippen molar-refractivity contribution in [1.29, 1.82) is 0 Å². The molecule has 0 bridgehead atoms. The molecule has 2 aliphatic carbocycles. The molecule has 5 rings (SSSR count). The smallest absolute Gasteiger partial charge is 0.378 e. The lowest BCUT2D eigenvalue weighted by Gasteiger charge is -2.14. The van der Waals surface area contributed by atoms with Gasteiger partial charge in [0.1, 0.15) is 5.48 Å². The van der Waals surface area contributed by atoms with Gasteiger partial charge in [0.25, 0.3) is 5.91 Å². The van der Waals surface area contributed by atoms with Gasteiger partial charge in [0, 0.05) is 30.8 Å². The summed E-state index contributed by atoms with van der Waals surface area (Å²) in [5.41, 5.74) is 12.5. The average molecular weight is 659 g/mol. The van der Waals surface area contributed by atoms with Crippen LogP contribution in [0, 0.1) is 6.92 Å². The molecular formula is C38H41F3N4O3. The van der Waals surface area contributed by atoms with Crippen LogP contribution in [0.3, 0.4) is 0 Å². The van der Waals surface area contributed by atoms with Crippen LogP contribution in [0.25, 0.3) is 22.4 Å². The minimum Gasteiger partial charge on any atom is -0.378 e. The topological polar surface area (TPSA) is 91.4 Å². The van der Waals surface area contributed by atoms with E-state index in [0.29, 0.717) is 69.1 Å². The summed E-state index contributed by atoms with van der Waals surface area (Å²) in [6.45, 7) is 7.01. The first kappa shape index (κ1) is 34.8. The van der Waals surface area contributed by atoms with E-state index in [4.69, 9.17) is 20.2 Å². The first-order chi connectivity index (χ1) is 23.1. The van der Waals surface area contributed by atoms with Gasteiger partial charge in [-0.3, -0.25) is 4.79 Å². The molecule has 0 aliphatic heterocycles. The highest BCUT2D eigenvalue weighted by atomic mass is 19.4. The molecule has 0 fully saturated rings. The number of rotatable bonds is 12. The number of nitrogens with two attached hydrogens (primary N) is 1. The van der Waals surface area contributed by atoms with Gasteiger partial charge in [0.2, 0.25) is 0 Å². The molecule has 1 amide bonds. The predicted octanol–water partition coefficient (Wildman–Crippen LogP) is 5.28. The van der Waals surface area contributed by atoms with Gasteiger partial charge in [0.15, 0.2) is 0 Å². The summed E-state index contributed by atoms with van der Waals surface area (Å²) >= 11 is 0. The van der Waals surface area contributed by atoms with Gasteiger partial charge < -0.3 is 25.1 Å². The number of nitrogens with one attached hydrogen (secondary N) is 1. The third-order valence-corrected chi connectivity index (χ3v) is 8.13.